The van der Waals surface area contributed by atoms with E-state index in [0.717, 1.165) is 44.9 Å². The summed E-state index contributed by atoms with van der Waals surface area (Å²) in [4.78, 5) is 12.3. The predicted molar refractivity (Wildman–Crippen MR) is 185 cm³/mol. The zero-order chi connectivity index (χ0) is 31.6. The van der Waals surface area contributed by atoms with Crippen LogP contribution in [0.5, 0.6) is 0 Å². The number of carbonyl (C=O) groups is 1. The molecule has 0 aliphatic rings. The Labute approximate surface area is 267 Å². The summed E-state index contributed by atoms with van der Waals surface area (Å²) in [6.07, 6.45) is 38.4. The zero-order valence-electron chi connectivity index (χ0n) is 28.6. The van der Waals surface area contributed by atoms with Crippen LogP contribution in [0.25, 0.3) is 0 Å². The lowest BCUT2D eigenvalue weighted by molar-refractivity contribution is -0.124. The molecular weight excluding hydrogens is 534 g/mol. The third-order valence-corrected chi connectivity index (χ3v) is 8.53. The smallest absolute Gasteiger partial charge is 0.220 e. The first-order valence-electron chi connectivity index (χ1n) is 18.6. The van der Waals surface area contributed by atoms with Gasteiger partial charge in [-0.15, -0.1) is 0 Å². The number of hydrogen-bond acceptors (Lipinski definition) is 4. The lowest BCUT2D eigenvalue weighted by Gasteiger charge is -2.26. The second kappa shape index (κ2) is 33.7. The molecule has 3 atom stereocenters. The Hall–Kier alpha value is -1.17. The van der Waals surface area contributed by atoms with Crippen molar-refractivity contribution in [2.75, 3.05) is 6.61 Å². The van der Waals surface area contributed by atoms with Crippen LogP contribution >= 0.6 is 0 Å². The van der Waals surface area contributed by atoms with Gasteiger partial charge in [-0.05, 0) is 64.2 Å². The molecule has 0 fully saturated rings. The monoisotopic (exact) mass is 608 g/mol. The third-order valence-electron chi connectivity index (χ3n) is 8.53. The van der Waals surface area contributed by atoms with Crippen molar-refractivity contribution in [3.05, 3.63) is 24.3 Å². The fraction of sp³-hybridized carbons (Fsp3) is 0.868. The molecule has 0 rings (SSSR count). The Kier molecular flexibility index (Phi) is 32.8. The fourth-order valence-corrected chi connectivity index (χ4v) is 5.57. The summed E-state index contributed by atoms with van der Waals surface area (Å²) in [6.45, 7) is 4.14. The maximum Gasteiger partial charge on any atom is 0.220 e. The minimum Gasteiger partial charge on any atom is -0.394 e. The molecular formula is C38H73NO4. The van der Waals surface area contributed by atoms with Gasteiger partial charge in [0.15, 0.2) is 0 Å². The molecule has 43 heavy (non-hydrogen) atoms. The van der Waals surface area contributed by atoms with Crippen LogP contribution in [0.1, 0.15) is 187 Å². The van der Waals surface area contributed by atoms with Gasteiger partial charge >= 0.3 is 0 Å². The second-order valence-corrected chi connectivity index (χ2v) is 12.8. The summed E-state index contributed by atoms with van der Waals surface area (Å²) in [7, 11) is 0. The van der Waals surface area contributed by atoms with Gasteiger partial charge in [0.05, 0.1) is 18.8 Å². The van der Waals surface area contributed by atoms with Gasteiger partial charge in [-0.3, -0.25) is 4.79 Å². The van der Waals surface area contributed by atoms with Gasteiger partial charge in [0.1, 0.15) is 6.10 Å². The molecule has 3 unspecified atom stereocenters. The molecule has 254 valence electrons. The number of amides is 1. The van der Waals surface area contributed by atoms with Crippen LogP contribution in [0, 0.1) is 0 Å². The predicted octanol–water partition coefficient (Wildman–Crippen LogP) is 9.87. The summed E-state index contributed by atoms with van der Waals surface area (Å²) in [6, 6.07) is -0.826. The maximum absolute atomic E-state index is 12.3. The number of rotatable bonds is 33. The summed E-state index contributed by atoms with van der Waals surface area (Å²) >= 11 is 0. The number of allylic oxidation sites excluding steroid dienone is 4. The van der Waals surface area contributed by atoms with Gasteiger partial charge in [0.2, 0.25) is 5.91 Å². The summed E-state index contributed by atoms with van der Waals surface area (Å²) in [5, 5.41) is 33.3. The second-order valence-electron chi connectivity index (χ2n) is 12.8. The SMILES string of the molecule is CCCCCCCCC/C=C\CCCCCCCC(=O)NC(CO)C(O)C(O)CCC/C=C/CCCCCCCCCC. The lowest BCUT2D eigenvalue weighted by atomic mass is 10.0. The van der Waals surface area contributed by atoms with Gasteiger partial charge in [-0.2, -0.15) is 0 Å². The Morgan fingerprint density at radius 3 is 1.35 bits per heavy atom. The highest BCUT2D eigenvalue weighted by molar-refractivity contribution is 5.76. The van der Waals surface area contributed by atoms with E-state index in [0.29, 0.717) is 12.8 Å². The number of hydrogen-bond donors (Lipinski definition) is 4. The van der Waals surface area contributed by atoms with Gasteiger partial charge in [0.25, 0.3) is 0 Å². The highest BCUT2D eigenvalue weighted by Gasteiger charge is 2.26. The van der Waals surface area contributed by atoms with Gasteiger partial charge < -0.3 is 20.6 Å². The van der Waals surface area contributed by atoms with Gasteiger partial charge in [0, 0.05) is 6.42 Å². The molecule has 0 saturated carbocycles. The van der Waals surface area contributed by atoms with Crippen molar-refractivity contribution in [2.45, 2.75) is 205 Å². The minimum absolute atomic E-state index is 0.164. The van der Waals surface area contributed by atoms with Crippen LogP contribution in [0.15, 0.2) is 24.3 Å². The van der Waals surface area contributed by atoms with E-state index in [4.69, 9.17) is 0 Å². The standard InChI is InChI=1S/C38H73NO4/c1-3-5-7-9-11-13-15-17-18-19-21-23-25-27-29-31-33-37(42)39-35(34-40)38(43)36(41)32-30-28-26-24-22-20-16-14-12-10-8-6-4-2/h18-19,24,26,35-36,38,40-41,43H,3-17,20-23,25,27-34H2,1-2H3,(H,39,42)/b19-18-,26-24+. The minimum atomic E-state index is -1.16. The van der Waals surface area contributed by atoms with Crippen LogP contribution in [0.4, 0.5) is 0 Å². The Balaban J connectivity index is 3.75. The van der Waals surface area contributed by atoms with E-state index in [9.17, 15) is 20.1 Å². The topological polar surface area (TPSA) is 89.8 Å². The number of aliphatic hydroxyl groups excluding tert-OH is 3. The fourth-order valence-electron chi connectivity index (χ4n) is 5.57. The van der Waals surface area contributed by atoms with Crippen molar-refractivity contribution >= 4 is 5.91 Å². The van der Waals surface area contributed by atoms with Gasteiger partial charge in [-0.1, -0.05) is 141 Å². The normalized spacial score (nSPS) is 14.1. The zero-order valence-corrected chi connectivity index (χ0v) is 28.6. The van der Waals surface area contributed by atoms with Crippen LogP contribution in [-0.4, -0.2) is 46.1 Å². The van der Waals surface area contributed by atoms with Crippen LogP contribution in [-0.2, 0) is 4.79 Å². The Morgan fingerprint density at radius 2 is 0.930 bits per heavy atom. The first-order valence-corrected chi connectivity index (χ1v) is 18.6. The van der Waals surface area contributed by atoms with E-state index in [1.807, 2.05) is 0 Å². The maximum atomic E-state index is 12.3. The van der Waals surface area contributed by atoms with Crippen molar-refractivity contribution in [3.63, 3.8) is 0 Å². The van der Waals surface area contributed by atoms with E-state index in [2.05, 4.69) is 43.5 Å². The molecule has 0 heterocycles. The third kappa shape index (κ3) is 29.3. The highest BCUT2D eigenvalue weighted by atomic mass is 16.3. The molecule has 0 spiro atoms. The largest absolute Gasteiger partial charge is 0.394 e. The van der Waals surface area contributed by atoms with E-state index in [1.54, 1.807) is 0 Å². The van der Waals surface area contributed by atoms with E-state index >= 15 is 0 Å². The number of aliphatic hydroxyl groups is 3. The van der Waals surface area contributed by atoms with Crippen molar-refractivity contribution in [1.29, 1.82) is 0 Å². The van der Waals surface area contributed by atoms with E-state index in [-0.39, 0.29) is 12.5 Å². The highest BCUT2D eigenvalue weighted by Crippen LogP contribution is 2.13. The molecule has 0 aromatic carbocycles. The molecule has 1 amide bonds. The van der Waals surface area contributed by atoms with Crippen LogP contribution in [0.2, 0.25) is 0 Å². The summed E-state index contributed by atoms with van der Waals surface area (Å²) < 4.78 is 0. The molecule has 0 saturated heterocycles. The Morgan fingerprint density at radius 1 is 0.558 bits per heavy atom. The molecule has 0 aliphatic heterocycles. The molecule has 0 aromatic rings. The molecule has 4 N–H and O–H groups in total. The molecule has 0 aromatic heterocycles. The first kappa shape index (κ1) is 41.8. The molecule has 5 heteroatoms. The van der Waals surface area contributed by atoms with Crippen LogP contribution < -0.4 is 5.32 Å². The lowest BCUT2D eigenvalue weighted by Crippen LogP contribution is -2.50. The summed E-state index contributed by atoms with van der Waals surface area (Å²) in [5.41, 5.74) is 0. The number of nitrogens with one attached hydrogen (secondary N) is 1. The van der Waals surface area contributed by atoms with E-state index in [1.165, 1.54) is 116 Å². The first-order chi connectivity index (χ1) is 21.1. The number of unbranched alkanes of at least 4 members (excludes halogenated alkanes) is 21. The Bertz CT molecular complexity index is 635. The average Bonchev–Trinajstić information content (AvgIpc) is 3.01. The number of carbonyl (C=O) groups excluding carboxylic acids is 1. The van der Waals surface area contributed by atoms with Crippen LogP contribution in [0.3, 0.4) is 0 Å². The van der Waals surface area contributed by atoms with Crippen molar-refractivity contribution in [3.8, 4) is 0 Å². The van der Waals surface area contributed by atoms with Gasteiger partial charge in [-0.25, -0.2) is 0 Å². The molecule has 5 nitrogen and oxygen atoms in total. The quantitative estimate of drug-likeness (QED) is 0.0441. The van der Waals surface area contributed by atoms with E-state index < -0.39 is 18.2 Å². The van der Waals surface area contributed by atoms with Crippen molar-refractivity contribution < 1.29 is 20.1 Å². The van der Waals surface area contributed by atoms with Crippen molar-refractivity contribution in [2.24, 2.45) is 0 Å². The molecule has 0 radical (unpaired) electrons. The molecule has 0 bridgehead atoms. The molecule has 0 aliphatic carbocycles. The average molecular weight is 608 g/mol. The van der Waals surface area contributed by atoms with Crippen molar-refractivity contribution in [1.82, 2.24) is 5.32 Å². The summed E-state index contributed by atoms with van der Waals surface area (Å²) in [5.74, 6) is -0.164.